The molecule has 2 rings (SSSR count). The molecule has 18 heavy (non-hydrogen) atoms. The molecule has 96 valence electrons. The lowest BCUT2D eigenvalue weighted by Crippen LogP contribution is -2.41. The van der Waals surface area contributed by atoms with Gasteiger partial charge in [0, 0.05) is 21.5 Å². The molecule has 0 saturated carbocycles. The molecule has 0 bridgehead atoms. The Kier molecular flexibility index (Phi) is 3.44. The summed E-state index contributed by atoms with van der Waals surface area (Å²) in [4.78, 5) is 12.3. The lowest BCUT2D eigenvalue weighted by Gasteiger charge is -2.28. The van der Waals surface area contributed by atoms with Crippen LogP contribution in [0.15, 0.2) is 29.6 Å². The van der Waals surface area contributed by atoms with Gasteiger partial charge in [0.05, 0.1) is 5.56 Å². The van der Waals surface area contributed by atoms with Crippen molar-refractivity contribution in [1.29, 1.82) is 0 Å². The molecule has 1 heterocycles. The molecule has 0 fully saturated rings. The molecule has 3 heteroatoms. The maximum absolute atomic E-state index is 12.3. The first-order valence-corrected chi connectivity index (χ1v) is 7.04. The van der Waals surface area contributed by atoms with E-state index in [0.29, 0.717) is 0 Å². The van der Waals surface area contributed by atoms with Gasteiger partial charge in [-0.25, -0.2) is 0 Å². The standard InChI is InChI=1S/C15H19NOS/c1-10(15(2,3)4)16-14(17)12-9-18-13-8-6-5-7-11(12)13/h5-10H,1-4H3,(H,16,17)/t10-/m0/s1. The largest absolute Gasteiger partial charge is 0.349 e. The Balaban J connectivity index is 2.24. The Labute approximate surface area is 112 Å². The van der Waals surface area contributed by atoms with Crippen LogP contribution in [0.25, 0.3) is 10.1 Å². The smallest absolute Gasteiger partial charge is 0.252 e. The highest BCUT2D eigenvalue weighted by molar-refractivity contribution is 7.17. The number of fused-ring (bicyclic) bond motifs is 1. The van der Waals surface area contributed by atoms with Gasteiger partial charge in [-0.2, -0.15) is 0 Å². The summed E-state index contributed by atoms with van der Waals surface area (Å²) < 4.78 is 1.16. The number of carbonyl (C=O) groups is 1. The number of benzene rings is 1. The predicted octanol–water partition coefficient (Wildman–Crippen LogP) is 4.07. The normalized spacial score (nSPS) is 13.6. The van der Waals surface area contributed by atoms with Crippen molar-refractivity contribution >= 4 is 27.3 Å². The van der Waals surface area contributed by atoms with Gasteiger partial charge in [-0.1, -0.05) is 39.0 Å². The maximum atomic E-state index is 12.3. The van der Waals surface area contributed by atoms with Gasteiger partial charge < -0.3 is 5.32 Å². The summed E-state index contributed by atoms with van der Waals surface area (Å²) in [5, 5.41) is 6.06. The molecule has 0 aliphatic rings. The van der Waals surface area contributed by atoms with Gasteiger partial charge in [-0.15, -0.1) is 11.3 Å². The van der Waals surface area contributed by atoms with Crippen molar-refractivity contribution < 1.29 is 4.79 Å². The van der Waals surface area contributed by atoms with E-state index in [1.807, 2.05) is 36.6 Å². The van der Waals surface area contributed by atoms with Gasteiger partial charge in [0.1, 0.15) is 0 Å². The fourth-order valence-corrected chi connectivity index (χ4v) is 2.59. The average Bonchev–Trinajstić information content (AvgIpc) is 2.71. The molecular formula is C15H19NOS. The van der Waals surface area contributed by atoms with E-state index < -0.39 is 0 Å². The highest BCUT2D eigenvalue weighted by atomic mass is 32.1. The van der Waals surface area contributed by atoms with Gasteiger partial charge in [0.25, 0.3) is 5.91 Å². The second kappa shape index (κ2) is 4.73. The van der Waals surface area contributed by atoms with Crippen LogP contribution in [0.1, 0.15) is 38.1 Å². The van der Waals surface area contributed by atoms with Crippen molar-refractivity contribution in [3.05, 3.63) is 35.2 Å². The summed E-state index contributed by atoms with van der Waals surface area (Å²) in [6.45, 7) is 8.43. The number of nitrogens with one attached hydrogen (secondary N) is 1. The zero-order chi connectivity index (χ0) is 13.3. The minimum Gasteiger partial charge on any atom is -0.349 e. The van der Waals surface area contributed by atoms with Gasteiger partial charge in [-0.3, -0.25) is 4.79 Å². The molecule has 1 aromatic heterocycles. The first kappa shape index (κ1) is 13.1. The molecule has 0 aliphatic carbocycles. The SMILES string of the molecule is C[C@H](NC(=O)c1csc2ccccc12)C(C)(C)C. The molecule has 0 saturated heterocycles. The summed E-state index contributed by atoms with van der Waals surface area (Å²) in [5.41, 5.74) is 0.855. The third-order valence-corrected chi connectivity index (χ3v) is 4.34. The summed E-state index contributed by atoms with van der Waals surface area (Å²) in [6, 6.07) is 8.16. The summed E-state index contributed by atoms with van der Waals surface area (Å²) in [7, 11) is 0. The second-order valence-corrected chi connectivity index (χ2v) is 6.62. The lowest BCUT2D eigenvalue weighted by atomic mass is 9.88. The van der Waals surface area contributed by atoms with Crippen LogP contribution >= 0.6 is 11.3 Å². The van der Waals surface area contributed by atoms with E-state index in [0.717, 1.165) is 15.6 Å². The highest BCUT2D eigenvalue weighted by Gasteiger charge is 2.23. The fourth-order valence-electron chi connectivity index (χ4n) is 1.64. The zero-order valence-electron chi connectivity index (χ0n) is 11.3. The Morgan fingerprint density at radius 1 is 1.28 bits per heavy atom. The number of hydrogen-bond acceptors (Lipinski definition) is 2. The number of carbonyl (C=O) groups excluding carboxylic acids is 1. The Morgan fingerprint density at radius 3 is 2.61 bits per heavy atom. The molecule has 0 unspecified atom stereocenters. The fraction of sp³-hybridized carbons (Fsp3) is 0.400. The Hall–Kier alpha value is -1.35. The second-order valence-electron chi connectivity index (χ2n) is 5.71. The third kappa shape index (κ3) is 2.56. The quantitative estimate of drug-likeness (QED) is 0.867. The van der Waals surface area contributed by atoms with Crippen LogP contribution in [0.3, 0.4) is 0 Å². The molecular weight excluding hydrogens is 242 g/mol. The lowest BCUT2D eigenvalue weighted by molar-refractivity contribution is 0.0912. The van der Waals surface area contributed by atoms with Crippen LogP contribution in [-0.4, -0.2) is 11.9 Å². The molecule has 2 aromatic rings. The summed E-state index contributed by atoms with van der Waals surface area (Å²) in [6.07, 6.45) is 0. The molecule has 1 amide bonds. The van der Waals surface area contributed by atoms with Crippen LogP contribution in [0.4, 0.5) is 0 Å². The number of amides is 1. The van der Waals surface area contributed by atoms with Gasteiger partial charge in [0.15, 0.2) is 0 Å². The average molecular weight is 261 g/mol. The summed E-state index contributed by atoms with van der Waals surface area (Å²) >= 11 is 1.62. The first-order chi connectivity index (χ1) is 8.39. The molecule has 0 spiro atoms. The van der Waals surface area contributed by atoms with Crippen molar-refractivity contribution in [2.75, 3.05) is 0 Å². The van der Waals surface area contributed by atoms with Gasteiger partial charge in [-0.05, 0) is 18.4 Å². The Morgan fingerprint density at radius 2 is 1.94 bits per heavy atom. The zero-order valence-corrected chi connectivity index (χ0v) is 12.1. The summed E-state index contributed by atoms with van der Waals surface area (Å²) in [5.74, 6) is 0.0230. The monoisotopic (exact) mass is 261 g/mol. The highest BCUT2D eigenvalue weighted by Crippen LogP contribution is 2.26. The van der Waals surface area contributed by atoms with Crippen LogP contribution < -0.4 is 5.32 Å². The molecule has 1 atom stereocenters. The van der Waals surface area contributed by atoms with E-state index in [1.54, 1.807) is 11.3 Å². The number of rotatable bonds is 2. The van der Waals surface area contributed by atoms with Gasteiger partial charge in [0.2, 0.25) is 0 Å². The van der Waals surface area contributed by atoms with Crippen molar-refractivity contribution in [3.63, 3.8) is 0 Å². The van der Waals surface area contributed by atoms with E-state index in [4.69, 9.17) is 0 Å². The minimum absolute atomic E-state index is 0.0230. The number of hydrogen-bond donors (Lipinski definition) is 1. The predicted molar refractivity (Wildman–Crippen MR) is 78.2 cm³/mol. The van der Waals surface area contributed by atoms with E-state index in [-0.39, 0.29) is 17.4 Å². The third-order valence-electron chi connectivity index (χ3n) is 3.37. The van der Waals surface area contributed by atoms with Crippen LogP contribution in [0, 0.1) is 5.41 Å². The molecule has 1 aromatic carbocycles. The van der Waals surface area contributed by atoms with Gasteiger partial charge >= 0.3 is 0 Å². The topological polar surface area (TPSA) is 29.1 Å². The van der Waals surface area contributed by atoms with Crippen molar-refractivity contribution in [2.24, 2.45) is 5.41 Å². The Bertz CT molecular complexity index is 565. The maximum Gasteiger partial charge on any atom is 0.252 e. The van der Waals surface area contributed by atoms with E-state index >= 15 is 0 Å². The van der Waals surface area contributed by atoms with Crippen molar-refractivity contribution in [2.45, 2.75) is 33.7 Å². The van der Waals surface area contributed by atoms with Crippen LogP contribution in [-0.2, 0) is 0 Å². The van der Waals surface area contributed by atoms with E-state index in [2.05, 4.69) is 26.1 Å². The molecule has 2 nitrogen and oxygen atoms in total. The van der Waals surface area contributed by atoms with E-state index in [1.165, 1.54) is 0 Å². The van der Waals surface area contributed by atoms with E-state index in [9.17, 15) is 4.79 Å². The van der Waals surface area contributed by atoms with Crippen LogP contribution in [0.2, 0.25) is 0 Å². The first-order valence-electron chi connectivity index (χ1n) is 6.16. The molecule has 0 aliphatic heterocycles. The molecule has 1 N–H and O–H groups in total. The molecule has 0 radical (unpaired) electrons. The minimum atomic E-state index is 0.0230. The van der Waals surface area contributed by atoms with Crippen LogP contribution in [0.5, 0.6) is 0 Å². The van der Waals surface area contributed by atoms with Crippen molar-refractivity contribution in [1.82, 2.24) is 5.32 Å². The number of thiophene rings is 1. The van der Waals surface area contributed by atoms with Crippen molar-refractivity contribution in [3.8, 4) is 0 Å².